The minimum Gasteiger partial charge on any atom is -0.457 e. The second-order valence-electron chi connectivity index (χ2n) is 6.37. The van der Waals surface area contributed by atoms with Crippen molar-refractivity contribution in [2.45, 2.75) is 19.3 Å². The third-order valence-electron chi connectivity index (χ3n) is 4.35. The zero-order valence-electron chi connectivity index (χ0n) is 14.2. The average Bonchev–Trinajstić information content (AvgIpc) is 2.63. The second-order valence-corrected chi connectivity index (χ2v) is 6.37. The summed E-state index contributed by atoms with van der Waals surface area (Å²) in [5.41, 5.74) is 2.38. The van der Waals surface area contributed by atoms with Gasteiger partial charge in [0.2, 0.25) is 0 Å². The average molecular weight is 333 g/mol. The fourth-order valence-corrected chi connectivity index (χ4v) is 2.73. The van der Waals surface area contributed by atoms with Crippen LogP contribution in [0.25, 0.3) is 0 Å². The number of nitro benzene ring substituents is 1. The van der Waals surface area contributed by atoms with Gasteiger partial charge in [-0.25, -0.2) is 0 Å². The van der Waals surface area contributed by atoms with Crippen LogP contribution in [0.3, 0.4) is 0 Å². The van der Waals surface area contributed by atoms with Crippen molar-refractivity contribution in [1.82, 2.24) is 0 Å². The molecule has 3 rings (SSSR count). The number of non-ortho nitro benzene ring substituents is 1. The lowest BCUT2D eigenvalue weighted by molar-refractivity contribution is -0.384. The number of hydrogen-bond donors (Lipinski definition) is 0. The minimum atomic E-state index is -0.426. The molecule has 3 aromatic rings. The molecule has 0 amide bonds. The van der Waals surface area contributed by atoms with E-state index in [-0.39, 0.29) is 11.1 Å². The van der Waals surface area contributed by atoms with Gasteiger partial charge < -0.3 is 4.74 Å². The van der Waals surface area contributed by atoms with Gasteiger partial charge in [0.15, 0.2) is 0 Å². The third-order valence-corrected chi connectivity index (χ3v) is 4.35. The van der Waals surface area contributed by atoms with E-state index in [1.54, 1.807) is 12.1 Å². The van der Waals surface area contributed by atoms with E-state index < -0.39 is 4.92 Å². The van der Waals surface area contributed by atoms with Crippen LogP contribution in [-0.4, -0.2) is 4.92 Å². The number of hydrogen-bond acceptors (Lipinski definition) is 3. The normalized spacial score (nSPS) is 11.1. The number of benzene rings is 3. The first-order chi connectivity index (χ1) is 12.0. The predicted octanol–water partition coefficient (Wildman–Crippen LogP) is 5.71. The molecule has 0 atom stereocenters. The lowest BCUT2D eigenvalue weighted by atomic mass is 9.78. The smallest absolute Gasteiger partial charge is 0.269 e. The van der Waals surface area contributed by atoms with Crippen LogP contribution in [0.5, 0.6) is 11.5 Å². The van der Waals surface area contributed by atoms with Crippen molar-refractivity contribution < 1.29 is 9.66 Å². The fourth-order valence-electron chi connectivity index (χ4n) is 2.73. The monoisotopic (exact) mass is 333 g/mol. The van der Waals surface area contributed by atoms with Crippen molar-refractivity contribution in [3.63, 3.8) is 0 Å². The number of nitro groups is 1. The van der Waals surface area contributed by atoms with Gasteiger partial charge in [0.1, 0.15) is 11.5 Å². The van der Waals surface area contributed by atoms with Gasteiger partial charge in [-0.2, -0.15) is 0 Å². The Bertz CT molecular complexity index is 854. The molecule has 0 aromatic heterocycles. The van der Waals surface area contributed by atoms with E-state index in [0.717, 1.165) is 0 Å². The highest BCUT2D eigenvalue weighted by atomic mass is 16.6. The quantitative estimate of drug-likeness (QED) is 0.443. The van der Waals surface area contributed by atoms with Crippen LogP contribution < -0.4 is 4.74 Å². The first kappa shape index (κ1) is 16.7. The van der Waals surface area contributed by atoms with Crippen molar-refractivity contribution in [2.75, 3.05) is 0 Å². The molecule has 0 saturated carbocycles. The maximum absolute atomic E-state index is 10.7. The molecule has 0 N–H and O–H groups in total. The van der Waals surface area contributed by atoms with Gasteiger partial charge in [0.25, 0.3) is 5.69 Å². The van der Waals surface area contributed by atoms with Crippen molar-refractivity contribution in [3.05, 3.63) is 100 Å². The zero-order chi connectivity index (χ0) is 17.9. The summed E-state index contributed by atoms with van der Waals surface area (Å²) in [5, 5.41) is 10.7. The van der Waals surface area contributed by atoms with Gasteiger partial charge in [-0.1, -0.05) is 56.3 Å². The predicted molar refractivity (Wildman–Crippen MR) is 98.2 cm³/mol. The molecule has 0 bridgehead atoms. The summed E-state index contributed by atoms with van der Waals surface area (Å²) in [6.45, 7) is 4.38. The van der Waals surface area contributed by atoms with E-state index in [1.807, 2.05) is 42.5 Å². The molecule has 0 aliphatic heterocycles. The Labute approximate surface area is 146 Å². The lowest BCUT2D eigenvalue weighted by Crippen LogP contribution is -2.18. The molecule has 4 nitrogen and oxygen atoms in total. The summed E-state index contributed by atoms with van der Waals surface area (Å²) in [4.78, 5) is 10.3. The number of rotatable bonds is 5. The van der Waals surface area contributed by atoms with Gasteiger partial charge in [-0.05, 0) is 35.4 Å². The molecular weight excluding hydrogens is 314 g/mol. The summed E-state index contributed by atoms with van der Waals surface area (Å²) < 4.78 is 5.76. The van der Waals surface area contributed by atoms with Crippen molar-refractivity contribution in [2.24, 2.45) is 0 Å². The third kappa shape index (κ3) is 3.69. The van der Waals surface area contributed by atoms with Gasteiger partial charge in [0, 0.05) is 17.5 Å². The maximum atomic E-state index is 10.7. The van der Waals surface area contributed by atoms with E-state index in [4.69, 9.17) is 4.74 Å². The lowest BCUT2D eigenvalue weighted by Gasteiger charge is -2.26. The highest BCUT2D eigenvalue weighted by Gasteiger charge is 2.22. The van der Waals surface area contributed by atoms with Crippen molar-refractivity contribution in [3.8, 4) is 11.5 Å². The van der Waals surface area contributed by atoms with Crippen LogP contribution in [0, 0.1) is 10.1 Å². The molecule has 0 aliphatic carbocycles. The first-order valence-electron chi connectivity index (χ1n) is 8.05. The molecular formula is C21H19NO3. The Morgan fingerprint density at radius 2 is 1.24 bits per heavy atom. The summed E-state index contributed by atoms with van der Waals surface area (Å²) in [6.07, 6.45) is 0. The van der Waals surface area contributed by atoms with Gasteiger partial charge in [-0.15, -0.1) is 0 Å². The zero-order valence-corrected chi connectivity index (χ0v) is 14.2. The Balaban J connectivity index is 1.77. The van der Waals surface area contributed by atoms with Crippen LogP contribution >= 0.6 is 0 Å². The second kappa shape index (κ2) is 6.77. The topological polar surface area (TPSA) is 52.4 Å². The van der Waals surface area contributed by atoms with Crippen LogP contribution in [0.4, 0.5) is 5.69 Å². The molecule has 3 aromatic carbocycles. The Morgan fingerprint density at radius 1 is 0.760 bits per heavy atom. The fraction of sp³-hybridized carbons (Fsp3) is 0.143. The molecule has 0 fully saturated rings. The van der Waals surface area contributed by atoms with E-state index in [9.17, 15) is 10.1 Å². The summed E-state index contributed by atoms with van der Waals surface area (Å²) in [5.74, 6) is 1.27. The van der Waals surface area contributed by atoms with Crippen LogP contribution in [-0.2, 0) is 5.41 Å². The molecule has 0 saturated heterocycles. The summed E-state index contributed by atoms with van der Waals surface area (Å²) >= 11 is 0. The Hall–Kier alpha value is -3.14. The molecule has 0 unspecified atom stereocenters. The summed E-state index contributed by atoms with van der Waals surface area (Å²) in [6, 6.07) is 24.4. The van der Waals surface area contributed by atoms with E-state index in [2.05, 4.69) is 26.0 Å². The van der Waals surface area contributed by atoms with Crippen LogP contribution in [0.15, 0.2) is 78.9 Å². The Kier molecular flexibility index (Phi) is 4.52. The van der Waals surface area contributed by atoms with E-state index in [0.29, 0.717) is 11.5 Å². The molecule has 126 valence electrons. The molecule has 25 heavy (non-hydrogen) atoms. The largest absolute Gasteiger partial charge is 0.457 e. The minimum absolute atomic E-state index is 0.0484. The highest BCUT2D eigenvalue weighted by Crippen LogP contribution is 2.33. The standard InChI is InChI=1S/C21H19NO3/c1-21(2,16-6-4-3-5-7-16)17-8-12-19(13-9-17)25-20-14-10-18(11-15-20)22(23)24/h3-15H,1-2H3. The summed E-state index contributed by atoms with van der Waals surface area (Å²) in [7, 11) is 0. The van der Waals surface area contributed by atoms with Crippen molar-refractivity contribution >= 4 is 5.69 Å². The molecule has 0 spiro atoms. The van der Waals surface area contributed by atoms with Gasteiger partial charge in [-0.3, -0.25) is 10.1 Å². The maximum Gasteiger partial charge on any atom is 0.269 e. The highest BCUT2D eigenvalue weighted by molar-refractivity contribution is 5.42. The molecule has 0 radical (unpaired) electrons. The number of nitrogens with zero attached hydrogens (tertiary/aromatic N) is 1. The molecule has 0 heterocycles. The first-order valence-corrected chi connectivity index (χ1v) is 8.05. The van der Waals surface area contributed by atoms with Crippen LogP contribution in [0.1, 0.15) is 25.0 Å². The number of ether oxygens (including phenoxy) is 1. The molecule has 0 aliphatic rings. The van der Waals surface area contributed by atoms with Crippen molar-refractivity contribution in [1.29, 1.82) is 0 Å². The van der Waals surface area contributed by atoms with Gasteiger partial charge >= 0.3 is 0 Å². The van der Waals surface area contributed by atoms with E-state index >= 15 is 0 Å². The molecule has 4 heteroatoms. The Morgan fingerprint density at radius 3 is 1.76 bits per heavy atom. The van der Waals surface area contributed by atoms with Gasteiger partial charge in [0.05, 0.1) is 4.92 Å². The van der Waals surface area contributed by atoms with Crippen LogP contribution in [0.2, 0.25) is 0 Å². The SMILES string of the molecule is CC(C)(c1ccccc1)c1ccc(Oc2ccc([N+](=O)[O-])cc2)cc1. The van der Waals surface area contributed by atoms with E-state index in [1.165, 1.54) is 23.3 Å².